The Balaban J connectivity index is 1.77. The molecule has 2 aromatic rings. The van der Waals surface area contributed by atoms with Gasteiger partial charge in [0.1, 0.15) is 5.57 Å². The molecular formula is C25H25Cl2N3O3. The Morgan fingerprint density at radius 3 is 2.45 bits per heavy atom. The molecule has 1 N–H and O–H groups in total. The largest absolute Gasteiger partial charge is 0.369 e. The zero-order chi connectivity index (χ0) is 24.2. The quantitative estimate of drug-likeness (QED) is 0.438. The van der Waals surface area contributed by atoms with Gasteiger partial charge in [-0.05, 0) is 86.2 Å². The maximum atomic E-state index is 13.2. The maximum absolute atomic E-state index is 13.2. The van der Waals surface area contributed by atoms with Crippen molar-refractivity contribution in [1.82, 2.24) is 5.32 Å². The zero-order valence-electron chi connectivity index (χ0n) is 19.1. The number of nitrogens with zero attached hydrogens (tertiary/aromatic N) is 2. The van der Waals surface area contributed by atoms with E-state index in [1.54, 1.807) is 6.08 Å². The van der Waals surface area contributed by atoms with Crippen LogP contribution in [-0.2, 0) is 9.59 Å². The number of nitrogens with one attached hydrogen (secondary N) is 1. The molecule has 1 atom stereocenters. The molecule has 2 heterocycles. The number of hydrogen-bond acceptors (Lipinski definition) is 4. The molecule has 4 rings (SSSR count). The second-order valence-corrected chi connectivity index (χ2v) is 10.1. The number of urea groups is 1. The molecule has 33 heavy (non-hydrogen) atoms. The lowest BCUT2D eigenvalue weighted by atomic mass is 9.79. The Kier molecular flexibility index (Phi) is 5.79. The fourth-order valence-corrected chi connectivity index (χ4v) is 4.85. The molecule has 4 amide bonds. The van der Waals surface area contributed by atoms with Crippen molar-refractivity contribution >= 4 is 58.5 Å². The number of fused-ring (bicyclic) bond motifs is 1. The van der Waals surface area contributed by atoms with Gasteiger partial charge in [-0.15, -0.1) is 0 Å². The van der Waals surface area contributed by atoms with E-state index < -0.39 is 17.8 Å². The maximum Gasteiger partial charge on any atom is 0.335 e. The van der Waals surface area contributed by atoms with E-state index in [-0.39, 0.29) is 21.8 Å². The van der Waals surface area contributed by atoms with Gasteiger partial charge in [0.25, 0.3) is 11.8 Å². The normalized spacial score (nSPS) is 21.4. The van der Waals surface area contributed by atoms with E-state index in [2.05, 4.69) is 44.1 Å². The van der Waals surface area contributed by atoms with E-state index in [1.807, 2.05) is 13.0 Å². The van der Waals surface area contributed by atoms with Crippen LogP contribution >= 0.6 is 23.2 Å². The second kappa shape index (κ2) is 8.19. The summed E-state index contributed by atoms with van der Waals surface area (Å²) in [5, 5.41) is 2.74. The van der Waals surface area contributed by atoms with Crippen LogP contribution < -0.4 is 15.1 Å². The summed E-state index contributed by atoms with van der Waals surface area (Å²) in [5.74, 6) is -1.13. The van der Waals surface area contributed by atoms with Crippen LogP contribution in [0.2, 0.25) is 10.0 Å². The first-order valence-electron chi connectivity index (χ1n) is 10.7. The summed E-state index contributed by atoms with van der Waals surface area (Å²) < 4.78 is 0. The van der Waals surface area contributed by atoms with Crippen molar-refractivity contribution in [3.05, 3.63) is 62.6 Å². The Morgan fingerprint density at radius 2 is 1.79 bits per heavy atom. The summed E-state index contributed by atoms with van der Waals surface area (Å²) in [7, 11) is 2.08. The number of halogens is 2. The number of rotatable bonds is 2. The minimum Gasteiger partial charge on any atom is -0.369 e. The summed E-state index contributed by atoms with van der Waals surface area (Å²) in [6, 6.07) is 7.70. The third kappa shape index (κ3) is 4.02. The molecule has 0 aromatic heterocycles. The first-order chi connectivity index (χ1) is 15.4. The number of imide groups is 2. The molecule has 1 saturated heterocycles. The Hall–Kier alpha value is -2.83. The van der Waals surface area contributed by atoms with Gasteiger partial charge in [0.15, 0.2) is 0 Å². The summed E-state index contributed by atoms with van der Waals surface area (Å²) in [6.45, 7) is 8.57. The first-order valence-corrected chi connectivity index (χ1v) is 11.4. The van der Waals surface area contributed by atoms with Crippen molar-refractivity contribution in [2.45, 2.75) is 45.6 Å². The van der Waals surface area contributed by atoms with Crippen molar-refractivity contribution in [2.75, 3.05) is 16.8 Å². The van der Waals surface area contributed by atoms with Crippen molar-refractivity contribution in [3.63, 3.8) is 0 Å². The highest BCUT2D eigenvalue weighted by atomic mass is 35.5. The van der Waals surface area contributed by atoms with E-state index in [4.69, 9.17) is 23.2 Å². The molecule has 0 unspecified atom stereocenters. The van der Waals surface area contributed by atoms with Gasteiger partial charge in [-0.1, -0.05) is 30.1 Å². The van der Waals surface area contributed by atoms with E-state index >= 15 is 0 Å². The molecule has 2 aliphatic rings. The van der Waals surface area contributed by atoms with Crippen LogP contribution in [0.5, 0.6) is 0 Å². The van der Waals surface area contributed by atoms with Crippen LogP contribution in [0.3, 0.4) is 0 Å². The van der Waals surface area contributed by atoms with Gasteiger partial charge in [0.05, 0.1) is 15.7 Å². The first kappa shape index (κ1) is 23.3. The molecule has 0 radical (unpaired) electrons. The van der Waals surface area contributed by atoms with E-state index in [0.717, 1.165) is 33.7 Å². The fourth-order valence-electron chi connectivity index (χ4n) is 4.56. The minimum absolute atomic E-state index is 0.0266. The van der Waals surface area contributed by atoms with Crippen LogP contribution in [0.1, 0.15) is 49.8 Å². The summed E-state index contributed by atoms with van der Waals surface area (Å²) >= 11 is 12.0. The molecule has 6 nitrogen and oxygen atoms in total. The number of barbiturate groups is 1. The van der Waals surface area contributed by atoms with Crippen molar-refractivity contribution < 1.29 is 14.4 Å². The summed E-state index contributed by atoms with van der Waals surface area (Å²) in [5.41, 5.74) is 4.12. The highest BCUT2D eigenvalue weighted by Gasteiger charge is 2.38. The average Bonchev–Trinajstić information content (AvgIpc) is 2.72. The van der Waals surface area contributed by atoms with Gasteiger partial charge in [0.2, 0.25) is 0 Å². The molecule has 0 bridgehead atoms. The molecule has 0 spiro atoms. The van der Waals surface area contributed by atoms with E-state index in [9.17, 15) is 14.4 Å². The van der Waals surface area contributed by atoms with Crippen LogP contribution in [0.15, 0.2) is 35.9 Å². The number of carbonyl (C=O) groups is 3. The Morgan fingerprint density at radius 1 is 1.09 bits per heavy atom. The Labute approximate surface area is 203 Å². The van der Waals surface area contributed by atoms with Crippen LogP contribution in [0.4, 0.5) is 16.2 Å². The van der Waals surface area contributed by atoms with Crippen LogP contribution in [0, 0.1) is 6.92 Å². The van der Waals surface area contributed by atoms with Crippen LogP contribution in [-0.4, -0.2) is 30.4 Å². The lowest BCUT2D eigenvalue weighted by Crippen LogP contribution is -2.54. The fraction of sp³-hybridized carbons (Fsp3) is 0.320. The molecule has 2 aromatic carbocycles. The van der Waals surface area contributed by atoms with Crippen molar-refractivity contribution in [2.24, 2.45) is 0 Å². The average molecular weight is 486 g/mol. The third-order valence-corrected chi connectivity index (χ3v) is 7.32. The molecule has 0 saturated carbocycles. The molecule has 1 fully saturated rings. The number of benzene rings is 2. The van der Waals surface area contributed by atoms with Gasteiger partial charge in [-0.2, -0.15) is 0 Å². The van der Waals surface area contributed by atoms with Gasteiger partial charge in [-0.3, -0.25) is 14.9 Å². The molecule has 2 aliphatic heterocycles. The number of aryl methyl sites for hydroxylation is 1. The highest BCUT2D eigenvalue weighted by molar-refractivity contribution is 6.43. The van der Waals surface area contributed by atoms with E-state index in [0.29, 0.717) is 10.9 Å². The standard InChI is InChI=1S/C25H25Cl2N3O3/c1-13-8-21-17(14(2)12-25(3,4)29(21)5)9-15(13)10-18-22(31)28-24(33)30(23(18)32)16-6-7-19(26)20(27)11-16/h6-11,14H,12H2,1-5H3,(H,28,31,33)/b18-10+/t14-/m0/s1. The number of anilines is 2. The van der Waals surface area contributed by atoms with Crippen molar-refractivity contribution in [1.29, 1.82) is 0 Å². The summed E-state index contributed by atoms with van der Waals surface area (Å²) in [6.07, 6.45) is 2.53. The zero-order valence-corrected chi connectivity index (χ0v) is 20.6. The number of amides is 4. The predicted octanol–water partition coefficient (Wildman–Crippen LogP) is 5.69. The van der Waals surface area contributed by atoms with Gasteiger partial charge in [0, 0.05) is 18.3 Å². The topological polar surface area (TPSA) is 69.7 Å². The molecule has 0 aliphatic carbocycles. The monoisotopic (exact) mass is 485 g/mol. The van der Waals surface area contributed by atoms with Gasteiger partial charge >= 0.3 is 6.03 Å². The molecular weight excluding hydrogens is 461 g/mol. The lowest BCUT2D eigenvalue weighted by molar-refractivity contribution is -0.122. The molecule has 8 heteroatoms. The molecule has 172 valence electrons. The summed E-state index contributed by atoms with van der Waals surface area (Å²) in [4.78, 5) is 41.5. The number of carbonyl (C=O) groups excluding carboxylic acids is 3. The van der Waals surface area contributed by atoms with E-state index in [1.165, 1.54) is 18.2 Å². The minimum atomic E-state index is -0.833. The Bertz CT molecular complexity index is 1240. The predicted molar refractivity (Wildman–Crippen MR) is 132 cm³/mol. The van der Waals surface area contributed by atoms with Crippen LogP contribution in [0.25, 0.3) is 6.08 Å². The number of hydrogen-bond donors (Lipinski definition) is 1. The smallest absolute Gasteiger partial charge is 0.335 e. The SMILES string of the molecule is Cc1cc2c(cc1/C=C1\C(=O)NC(=O)N(c3ccc(Cl)c(Cl)c3)C1=O)[C@@H](C)CC(C)(C)N2C. The van der Waals surface area contributed by atoms with Gasteiger partial charge < -0.3 is 4.90 Å². The second-order valence-electron chi connectivity index (χ2n) is 9.30. The van der Waals surface area contributed by atoms with Crippen molar-refractivity contribution in [3.8, 4) is 0 Å². The third-order valence-electron chi connectivity index (χ3n) is 6.58. The highest BCUT2D eigenvalue weighted by Crippen LogP contribution is 2.43. The lowest BCUT2D eigenvalue weighted by Gasteiger charge is -2.45. The van der Waals surface area contributed by atoms with Gasteiger partial charge in [-0.25, -0.2) is 9.69 Å².